The highest BCUT2D eigenvalue weighted by Gasteiger charge is 2.31. The zero-order chi connectivity index (χ0) is 29.1. The molecule has 3 heterocycles. The van der Waals surface area contributed by atoms with Crippen LogP contribution in [0.4, 0.5) is 10.1 Å². The molecule has 9 nitrogen and oxygen atoms in total. The summed E-state index contributed by atoms with van der Waals surface area (Å²) in [5, 5.41) is 5.79. The number of hydrogen-bond acceptors (Lipinski definition) is 7. The van der Waals surface area contributed by atoms with Crippen LogP contribution in [0.3, 0.4) is 0 Å². The fourth-order valence-electron chi connectivity index (χ4n) is 4.24. The molecular formula is C29H22Cl2FN5O4. The topological polar surface area (TPSA) is 115 Å². The van der Waals surface area contributed by atoms with Crippen molar-refractivity contribution >= 4 is 46.4 Å². The molecule has 2 aromatic carbocycles. The highest BCUT2D eigenvalue weighted by molar-refractivity contribution is 6.39. The highest BCUT2D eigenvalue weighted by atomic mass is 35.5. The fourth-order valence-corrected chi connectivity index (χ4v) is 4.81. The van der Waals surface area contributed by atoms with E-state index >= 15 is 4.39 Å². The largest absolute Gasteiger partial charge is 0.496 e. The maximum absolute atomic E-state index is 15.0. The first-order valence-electron chi connectivity index (χ1n) is 12.3. The van der Waals surface area contributed by atoms with Crippen molar-refractivity contribution in [1.29, 1.82) is 0 Å². The SMILES string of the molecule is COc1cc(Cl)cc(Cl)c1C1=NC(NC(=O)c2c(F)ccnc2OCc2cccnc2C)C(=O)Nc2ccccc21. The van der Waals surface area contributed by atoms with Gasteiger partial charge in [0.15, 0.2) is 0 Å². The van der Waals surface area contributed by atoms with Gasteiger partial charge in [-0.3, -0.25) is 14.6 Å². The molecule has 0 saturated carbocycles. The molecule has 0 aliphatic carbocycles. The van der Waals surface area contributed by atoms with Crippen molar-refractivity contribution < 1.29 is 23.5 Å². The van der Waals surface area contributed by atoms with Gasteiger partial charge in [0.05, 0.1) is 29.1 Å². The van der Waals surface area contributed by atoms with Crippen molar-refractivity contribution in [3.05, 3.63) is 111 Å². The van der Waals surface area contributed by atoms with Gasteiger partial charge in [-0.15, -0.1) is 0 Å². The van der Waals surface area contributed by atoms with Crippen LogP contribution in [0, 0.1) is 12.7 Å². The molecule has 0 fully saturated rings. The molecule has 208 valence electrons. The van der Waals surface area contributed by atoms with Crippen LogP contribution in [0.25, 0.3) is 0 Å². The fraction of sp³-hybridized carbons (Fsp3) is 0.138. The lowest BCUT2D eigenvalue weighted by Crippen LogP contribution is -2.42. The van der Waals surface area contributed by atoms with Crippen LogP contribution >= 0.6 is 23.2 Å². The minimum atomic E-state index is -1.49. The molecule has 2 aromatic heterocycles. The van der Waals surface area contributed by atoms with E-state index in [0.717, 1.165) is 11.6 Å². The normalized spacial score (nSPS) is 14.3. The number of aromatic nitrogens is 2. The number of anilines is 1. The first kappa shape index (κ1) is 28.0. The monoisotopic (exact) mass is 593 g/mol. The number of nitrogens with zero attached hydrogens (tertiary/aromatic N) is 3. The van der Waals surface area contributed by atoms with Gasteiger partial charge in [0, 0.05) is 34.2 Å². The number of para-hydroxylation sites is 1. The Balaban J connectivity index is 1.52. The molecule has 12 heteroatoms. The maximum Gasteiger partial charge on any atom is 0.269 e. The van der Waals surface area contributed by atoms with Gasteiger partial charge in [-0.05, 0) is 37.3 Å². The van der Waals surface area contributed by atoms with Gasteiger partial charge in [-0.1, -0.05) is 47.5 Å². The van der Waals surface area contributed by atoms with E-state index in [4.69, 9.17) is 32.7 Å². The van der Waals surface area contributed by atoms with E-state index in [1.165, 1.54) is 19.4 Å². The zero-order valence-corrected chi connectivity index (χ0v) is 23.3. The van der Waals surface area contributed by atoms with Gasteiger partial charge in [0.2, 0.25) is 12.0 Å². The Morgan fingerprint density at radius 2 is 1.90 bits per heavy atom. The third-order valence-electron chi connectivity index (χ3n) is 6.26. The molecule has 5 rings (SSSR count). The van der Waals surface area contributed by atoms with Crippen LogP contribution in [0.1, 0.15) is 32.7 Å². The second-order valence-corrected chi connectivity index (χ2v) is 9.71. The van der Waals surface area contributed by atoms with Gasteiger partial charge in [-0.2, -0.15) is 0 Å². The van der Waals surface area contributed by atoms with E-state index in [0.29, 0.717) is 33.3 Å². The number of methoxy groups -OCH3 is 1. The Hall–Kier alpha value is -4.54. The van der Waals surface area contributed by atoms with Crippen LogP contribution in [0.15, 0.2) is 72.0 Å². The van der Waals surface area contributed by atoms with Crippen LogP contribution in [-0.4, -0.2) is 40.8 Å². The van der Waals surface area contributed by atoms with Crippen molar-refractivity contribution in [2.75, 3.05) is 12.4 Å². The molecule has 2 amide bonds. The summed E-state index contributed by atoms with van der Waals surface area (Å²) < 4.78 is 26.2. The summed E-state index contributed by atoms with van der Waals surface area (Å²) in [6, 6.07) is 14.5. The Bertz CT molecular complexity index is 1700. The van der Waals surface area contributed by atoms with E-state index < -0.39 is 29.4 Å². The summed E-state index contributed by atoms with van der Waals surface area (Å²) in [6.45, 7) is 1.79. The van der Waals surface area contributed by atoms with Crippen molar-refractivity contribution in [3.63, 3.8) is 0 Å². The number of benzene rings is 2. The smallest absolute Gasteiger partial charge is 0.269 e. The van der Waals surface area contributed by atoms with Gasteiger partial charge in [-0.25, -0.2) is 14.4 Å². The average molecular weight is 594 g/mol. The molecule has 2 N–H and O–H groups in total. The van der Waals surface area contributed by atoms with Gasteiger partial charge in [0.25, 0.3) is 11.8 Å². The number of pyridine rings is 2. The molecule has 0 saturated heterocycles. The van der Waals surface area contributed by atoms with E-state index in [2.05, 4.69) is 25.6 Å². The number of rotatable bonds is 7. The number of ether oxygens (including phenoxy) is 2. The summed E-state index contributed by atoms with van der Waals surface area (Å²) in [4.78, 5) is 39.5. The second-order valence-electron chi connectivity index (χ2n) is 8.86. The van der Waals surface area contributed by atoms with Crippen LogP contribution in [-0.2, 0) is 11.4 Å². The molecule has 0 bridgehead atoms. The molecule has 1 atom stereocenters. The van der Waals surface area contributed by atoms with Crippen molar-refractivity contribution in [2.45, 2.75) is 19.7 Å². The summed E-state index contributed by atoms with van der Waals surface area (Å²) in [6.07, 6.45) is 1.32. The quantitative estimate of drug-likeness (QED) is 0.298. The molecule has 0 radical (unpaired) electrons. The summed E-state index contributed by atoms with van der Waals surface area (Å²) in [5.74, 6) is -2.47. The van der Waals surface area contributed by atoms with Gasteiger partial charge < -0.3 is 20.1 Å². The average Bonchev–Trinajstić information content (AvgIpc) is 3.08. The molecular weight excluding hydrogens is 572 g/mol. The predicted molar refractivity (Wildman–Crippen MR) is 152 cm³/mol. The Labute approximate surface area is 244 Å². The molecule has 41 heavy (non-hydrogen) atoms. The van der Waals surface area contributed by atoms with E-state index in [-0.39, 0.29) is 23.2 Å². The summed E-state index contributed by atoms with van der Waals surface area (Å²) in [5.41, 5.74) is 2.50. The number of aryl methyl sites for hydroxylation is 1. The number of nitrogens with one attached hydrogen (secondary N) is 2. The lowest BCUT2D eigenvalue weighted by molar-refractivity contribution is -0.117. The number of amides is 2. The summed E-state index contributed by atoms with van der Waals surface area (Å²) >= 11 is 12.8. The highest BCUT2D eigenvalue weighted by Crippen LogP contribution is 2.35. The number of hydrogen-bond donors (Lipinski definition) is 2. The third kappa shape index (κ3) is 5.84. The Kier molecular flexibility index (Phi) is 8.14. The number of benzodiazepines with no additional fused rings is 1. The van der Waals surface area contributed by atoms with E-state index in [1.54, 1.807) is 55.6 Å². The molecule has 1 aliphatic heterocycles. The van der Waals surface area contributed by atoms with Crippen LogP contribution in [0.2, 0.25) is 10.0 Å². The first-order valence-corrected chi connectivity index (χ1v) is 13.0. The van der Waals surface area contributed by atoms with Crippen molar-refractivity contribution in [1.82, 2.24) is 15.3 Å². The van der Waals surface area contributed by atoms with Gasteiger partial charge >= 0.3 is 0 Å². The van der Waals surface area contributed by atoms with Gasteiger partial charge in [0.1, 0.15) is 23.7 Å². The van der Waals surface area contributed by atoms with E-state index in [1.807, 2.05) is 0 Å². The van der Waals surface area contributed by atoms with Crippen molar-refractivity contribution in [3.8, 4) is 11.6 Å². The minimum absolute atomic E-state index is 0.00715. The molecule has 1 unspecified atom stereocenters. The predicted octanol–water partition coefficient (Wildman–Crippen LogP) is 5.36. The number of carbonyl (C=O) groups excluding carboxylic acids is 2. The second kappa shape index (κ2) is 11.9. The number of halogens is 3. The Morgan fingerprint density at radius 1 is 1.10 bits per heavy atom. The lowest BCUT2D eigenvalue weighted by atomic mass is 9.99. The minimum Gasteiger partial charge on any atom is -0.496 e. The first-order chi connectivity index (χ1) is 19.8. The standard InChI is InChI=1S/C29H22Cl2FN5O4/c1-15-16(6-5-10-33-15)14-41-29-24(20(32)9-11-34-29)27(38)37-26-28(39)35-21-8-4-3-7-18(21)25(36-26)23-19(31)12-17(30)13-22(23)40-2/h3-13,26H,14H2,1-2H3,(H,35,39)(H,37,38). The van der Waals surface area contributed by atoms with Crippen LogP contribution in [0.5, 0.6) is 11.6 Å². The molecule has 1 aliphatic rings. The van der Waals surface area contributed by atoms with E-state index in [9.17, 15) is 9.59 Å². The molecule has 0 spiro atoms. The Morgan fingerprint density at radius 3 is 2.68 bits per heavy atom. The number of fused-ring (bicyclic) bond motifs is 1. The summed E-state index contributed by atoms with van der Waals surface area (Å²) in [7, 11) is 1.44. The van der Waals surface area contributed by atoms with Crippen LogP contribution < -0.4 is 20.1 Å². The number of carbonyl (C=O) groups is 2. The molecule has 4 aromatic rings. The van der Waals surface area contributed by atoms with Crippen molar-refractivity contribution in [2.24, 2.45) is 4.99 Å². The maximum atomic E-state index is 15.0. The lowest BCUT2D eigenvalue weighted by Gasteiger charge is -2.17. The third-order valence-corrected chi connectivity index (χ3v) is 6.78. The zero-order valence-electron chi connectivity index (χ0n) is 21.7. The number of aliphatic imine (C=N–C) groups is 1.